The highest BCUT2D eigenvalue weighted by Crippen LogP contribution is 2.13. The lowest BCUT2D eigenvalue weighted by Gasteiger charge is -2.09. The fourth-order valence-electron chi connectivity index (χ4n) is 1.67. The minimum atomic E-state index is -0.408. The maximum Gasteiger partial charge on any atom is 0.329 e. The molecule has 0 aliphatic carbocycles. The van der Waals surface area contributed by atoms with Crippen LogP contribution in [0.1, 0.15) is 19.9 Å². The third kappa shape index (κ3) is 1.65. The van der Waals surface area contributed by atoms with Crippen molar-refractivity contribution >= 4 is 22.5 Å². The second kappa shape index (κ2) is 3.79. The van der Waals surface area contributed by atoms with E-state index in [1.54, 1.807) is 32.0 Å². The molecule has 4 nitrogen and oxygen atoms in total. The van der Waals surface area contributed by atoms with Gasteiger partial charge in [0.1, 0.15) is 0 Å². The molecule has 0 unspecified atom stereocenters. The first-order chi connectivity index (χ1) is 7.50. The Morgan fingerprint density at radius 3 is 2.62 bits per heavy atom. The highest BCUT2D eigenvalue weighted by Gasteiger charge is 2.09. The lowest BCUT2D eigenvalue weighted by atomic mass is 10.2. The highest BCUT2D eigenvalue weighted by atomic mass is 35.5. The summed E-state index contributed by atoms with van der Waals surface area (Å²) < 4.78 is 1.19. The SMILES string of the molecule is CC(C)n1c(=O)[nH]c2cc(Cl)ccc2c1=O. The third-order valence-electron chi connectivity index (χ3n) is 2.41. The van der Waals surface area contributed by atoms with Crippen LogP contribution in [0, 0.1) is 0 Å². The van der Waals surface area contributed by atoms with Gasteiger partial charge in [-0.05, 0) is 32.0 Å². The topological polar surface area (TPSA) is 54.9 Å². The molecule has 0 radical (unpaired) electrons. The van der Waals surface area contributed by atoms with Gasteiger partial charge >= 0.3 is 5.69 Å². The fourth-order valence-corrected chi connectivity index (χ4v) is 1.84. The molecule has 0 fully saturated rings. The first-order valence-corrected chi connectivity index (χ1v) is 5.32. The number of hydrogen-bond acceptors (Lipinski definition) is 2. The van der Waals surface area contributed by atoms with Crippen LogP contribution in [0.4, 0.5) is 0 Å². The number of fused-ring (bicyclic) bond motifs is 1. The normalized spacial score (nSPS) is 11.2. The average molecular weight is 239 g/mol. The average Bonchev–Trinajstić information content (AvgIpc) is 2.15. The van der Waals surface area contributed by atoms with Crippen LogP contribution < -0.4 is 11.2 Å². The van der Waals surface area contributed by atoms with E-state index in [1.807, 2.05) is 0 Å². The standard InChI is InChI=1S/C11H11ClN2O2/c1-6(2)14-10(15)8-4-3-7(12)5-9(8)13-11(14)16/h3-6H,1-2H3,(H,13,16). The molecule has 5 heteroatoms. The molecule has 1 aromatic carbocycles. The van der Waals surface area contributed by atoms with Crippen molar-refractivity contribution in [3.05, 3.63) is 44.1 Å². The number of nitrogens with zero attached hydrogens (tertiary/aromatic N) is 1. The Balaban J connectivity index is 2.95. The van der Waals surface area contributed by atoms with Crippen LogP contribution in [-0.2, 0) is 0 Å². The van der Waals surface area contributed by atoms with Crippen molar-refractivity contribution in [2.24, 2.45) is 0 Å². The van der Waals surface area contributed by atoms with E-state index in [1.165, 1.54) is 4.57 Å². The fraction of sp³-hybridized carbons (Fsp3) is 0.273. The van der Waals surface area contributed by atoms with Gasteiger partial charge in [0.2, 0.25) is 0 Å². The number of nitrogens with one attached hydrogen (secondary N) is 1. The van der Waals surface area contributed by atoms with Crippen molar-refractivity contribution in [1.29, 1.82) is 0 Å². The van der Waals surface area contributed by atoms with Crippen LogP contribution in [-0.4, -0.2) is 9.55 Å². The lowest BCUT2D eigenvalue weighted by Crippen LogP contribution is -2.36. The summed E-state index contributed by atoms with van der Waals surface area (Å²) in [5, 5.41) is 0.961. The van der Waals surface area contributed by atoms with Crippen molar-refractivity contribution in [3.63, 3.8) is 0 Å². The van der Waals surface area contributed by atoms with E-state index in [9.17, 15) is 9.59 Å². The molecule has 0 atom stereocenters. The molecule has 0 aliphatic rings. The maximum atomic E-state index is 12.0. The summed E-state index contributed by atoms with van der Waals surface area (Å²) in [6.07, 6.45) is 0. The van der Waals surface area contributed by atoms with Gasteiger partial charge in [-0.1, -0.05) is 11.6 Å². The predicted molar refractivity (Wildman–Crippen MR) is 64.2 cm³/mol. The van der Waals surface area contributed by atoms with Gasteiger partial charge in [0, 0.05) is 11.1 Å². The molecule has 16 heavy (non-hydrogen) atoms. The lowest BCUT2D eigenvalue weighted by molar-refractivity contribution is 0.552. The van der Waals surface area contributed by atoms with Crippen molar-refractivity contribution < 1.29 is 0 Å². The Bertz CT molecular complexity index is 655. The first kappa shape index (κ1) is 11.0. The monoisotopic (exact) mass is 238 g/mol. The van der Waals surface area contributed by atoms with Crippen LogP contribution in [0.5, 0.6) is 0 Å². The quantitative estimate of drug-likeness (QED) is 0.825. The van der Waals surface area contributed by atoms with Crippen molar-refractivity contribution in [2.75, 3.05) is 0 Å². The molecule has 0 bridgehead atoms. The molecular weight excluding hydrogens is 228 g/mol. The largest absolute Gasteiger partial charge is 0.329 e. The van der Waals surface area contributed by atoms with E-state index >= 15 is 0 Å². The maximum absolute atomic E-state index is 12.0. The molecule has 1 N–H and O–H groups in total. The van der Waals surface area contributed by atoms with E-state index < -0.39 is 5.69 Å². The van der Waals surface area contributed by atoms with Crippen LogP contribution >= 0.6 is 11.6 Å². The molecule has 0 amide bonds. The molecular formula is C11H11ClN2O2. The Labute approximate surface area is 96.5 Å². The summed E-state index contributed by atoms with van der Waals surface area (Å²) in [5.74, 6) is 0. The van der Waals surface area contributed by atoms with Crippen LogP contribution in [0.2, 0.25) is 5.02 Å². The third-order valence-corrected chi connectivity index (χ3v) is 2.64. The summed E-state index contributed by atoms with van der Waals surface area (Å²) in [6, 6.07) is 4.66. The summed E-state index contributed by atoms with van der Waals surface area (Å²) in [4.78, 5) is 26.3. The zero-order valence-electron chi connectivity index (χ0n) is 8.95. The molecule has 0 aliphatic heterocycles. The van der Waals surface area contributed by atoms with Gasteiger partial charge in [-0.2, -0.15) is 0 Å². The van der Waals surface area contributed by atoms with Gasteiger partial charge in [-0.15, -0.1) is 0 Å². The number of aromatic amines is 1. The van der Waals surface area contributed by atoms with Crippen LogP contribution in [0.25, 0.3) is 10.9 Å². The van der Waals surface area contributed by atoms with Gasteiger partial charge in [-0.25, -0.2) is 4.79 Å². The van der Waals surface area contributed by atoms with Crippen LogP contribution in [0.15, 0.2) is 27.8 Å². The Hall–Kier alpha value is -1.55. The van der Waals surface area contributed by atoms with E-state index in [-0.39, 0.29) is 11.6 Å². The van der Waals surface area contributed by atoms with Gasteiger partial charge in [0.25, 0.3) is 5.56 Å². The van der Waals surface area contributed by atoms with E-state index in [0.717, 1.165) is 0 Å². The van der Waals surface area contributed by atoms with Crippen molar-refractivity contribution in [1.82, 2.24) is 9.55 Å². The van der Waals surface area contributed by atoms with Gasteiger partial charge in [-0.3, -0.25) is 9.36 Å². The number of benzene rings is 1. The molecule has 0 spiro atoms. The number of halogens is 1. The molecule has 84 valence electrons. The molecule has 1 aromatic heterocycles. The Morgan fingerprint density at radius 1 is 1.31 bits per heavy atom. The van der Waals surface area contributed by atoms with E-state index in [4.69, 9.17) is 11.6 Å². The molecule has 2 rings (SSSR count). The second-order valence-electron chi connectivity index (χ2n) is 3.89. The minimum Gasteiger partial charge on any atom is -0.307 e. The summed E-state index contributed by atoms with van der Waals surface area (Å²) in [5.41, 5.74) is -0.223. The van der Waals surface area contributed by atoms with E-state index in [2.05, 4.69) is 4.98 Å². The smallest absolute Gasteiger partial charge is 0.307 e. The van der Waals surface area contributed by atoms with Crippen molar-refractivity contribution in [3.8, 4) is 0 Å². The summed E-state index contributed by atoms with van der Waals surface area (Å²) in [6.45, 7) is 3.58. The second-order valence-corrected chi connectivity index (χ2v) is 4.33. The zero-order chi connectivity index (χ0) is 11.9. The number of hydrogen-bond donors (Lipinski definition) is 1. The predicted octanol–water partition coefficient (Wildman–Crippen LogP) is 1.92. The number of aromatic nitrogens is 2. The number of rotatable bonds is 1. The molecule has 2 aromatic rings. The first-order valence-electron chi connectivity index (χ1n) is 4.95. The highest BCUT2D eigenvalue weighted by molar-refractivity contribution is 6.31. The van der Waals surface area contributed by atoms with Gasteiger partial charge in [0.15, 0.2) is 0 Å². The molecule has 1 heterocycles. The summed E-state index contributed by atoms with van der Waals surface area (Å²) in [7, 11) is 0. The molecule has 0 saturated carbocycles. The summed E-state index contributed by atoms with van der Waals surface area (Å²) >= 11 is 5.79. The minimum absolute atomic E-state index is 0.170. The van der Waals surface area contributed by atoms with Crippen LogP contribution in [0.3, 0.4) is 0 Å². The Kier molecular flexibility index (Phi) is 2.59. The van der Waals surface area contributed by atoms with Crippen molar-refractivity contribution in [2.45, 2.75) is 19.9 Å². The Morgan fingerprint density at radius 2 is 2.00 bits per heavy atom. The zero-order valence-corrected chi connectivity index (χ0v) is 9.71. The van der Waals surface area contributed by atoms with Gasteiger partial charge in [0.05, 0.1) is 10.9 Å². The number of H-pyrrole nitrogens is 1. The molecule has 0 saturated heterocycles. The van der Waals surface area contributed by atoms with Gasteiger partial charge < -0.3 is 4.98 Å². The van der Waals surface area contributed by atoms with E-state index in [0.29, 0.717) is 15.9 Å².